The Kier molecular flexibility index (Phi) is 5.76. The number of aryl methyl sites for hydroxylation is 2. The molecule has 3 aliphatic heterocycles. The van der Waals surface area contributed by atoms with Gasteiger partial charge in [-0.1, -0.05) is 0 Å². The standard InChI is InChI=1S/C21H34N4O3/c1-16-17(13-23(2)22-16)11-20(27)24-7-5-21(6-8-24)12-19(26)14-25(15-21)18-3-9-28-10-4-18/h13,18-19,26H,3-12,14-15H2,1-2H3. The molecule has 0 aliphatic carbocycles. The second kappa shape index (κ2) is 8.13. The summed E-state index contributed by atoms with van der Waals surface area (Å²) in [5.41, 5.74) is 2.11. The molecule has 7 heteroatoms. The molecule has 1 spiro atoms. The number of aliphatic hydroxyl groups excluding tert-OH is 1. The normalized spacial score (nSPS) is 26.7. The maximum atomic E-state index is 12.8. The fourth-order valence-corrected chi connectivity index (χ4v) is 5.41. The van der Waals surface area contributed by atoms with Gasteiger partial charge in [-0.2, -0.15) is 5.10 Å². The van der Waals surface area contributed by atoms with Crippen LogP contribution in [0.4, 0.5) is 0 Å². The average molecular weight is 391 g/mol. The Labute approximate surface area is 167 Å². The Morgan fingerprint density at radius 2 is 2.04 bits per heavy atom. The second-order valence-corrected chi connectivity index (χ2v) is 9.10. The summed E-state index contributed by atoms with van der Waals surface area (Å²) in [6.07, 6.45) is 7.11. The Morgan fingerprint density at radius 3 is 2.68 bits per heavy atom. The van der Waals surface area contributed by atoms with Gasteiger partial charge in [0.1, 0.15) is 0 Å². The minimum atomic E-state index is -0.253. The zero-order valence-electron chi connectivity index (χ0n) is 17.3. The predicted octanol–water partition coefficient (Wildman–Crippen LogP) is 1.13. The lowest BCUT2D eigenvalue weighted by atomic mass is 9.71. The third-order valence-electron chi connectivity index (χ3n) is 6.99. The summed E-state index contributed by atoms with van der Waals surface area (Å²) in [5.74, 6) is 0.198. The van der Waals surface area contributed by atoms with Gasteiger partial charge in [0.25, 0.3) is 0 Å². The van der Waals surface area contributed by atoms with Crippen LogP contribution in [0.15, 0.2) is 6.20 Å². The number of aliphatic hydroxyl groups is 1. The first-order chi connectivity index (χ1) is 13.4. The van der Waals surface area contributed by atoms with Gasteiger partial charge in [0.15, 0.2) is 0 Å². The van der Waals surface area contributed by atoms with Gasteiger partial charge in [0.05, 0.1) is 18.2 Å². The highest BCUT2D eigenvalue weighted by Gasteiger charge is 2.43. The number of hydrogen-bond acceptors (Lipinski definition) is 5. The molecule has 1 aromatic heterocycles. The van der Waals surface area contributed by atoms with Gasteiger partial charge < -0.3 is 14.7 Å². The number of ether oxygens (including phenoxy) is 1. The maximum Gasteiger partial charge on any atom is 0.227 e. The summed E-state index contributed by atoms with van der Waals surface area (Å²) < 4.78 is 7.29. The van der Waals surface area contributed by atoms with Crippen molar-refractivity contribution in [3.8, 4) is 0 Å². The highest BCUT2D eigenvalue weighted by atomic mass is 16.5. The van der Waals surface area contributed by atoms with Gasteiger partial charge in [-0.05, 0) is 44.4 Å². The van der Waals surface area contributed by atoms with Crippen molar-refractivity contribution >= 4 is 5.91 Å². The van der Waals surface area contributed by atoms with Crippen molar-refractivity contribution in [1.82, 2.24) is 19.6 Å². The summed E-state index contributed by atoms with van der Waals surface area (Å²) >= 11 is 0. The van der Waals surface area contributed by atoms with Gasteiger partial charge in [0, 0.05) is 64.2 Å². The molecule has 1 N–H and O–H groups in total. The molecule has 0 bridgehead atoms. The van der Waals surface area contributed by atoms with E-state index in [2.05, 4.69) is 10.00 Å². The summed E-state index contributed by atoms with van der Waals surface area (Å²) in [6, 6.07) is 0.536. The fraction of sp³-hybridized carbons (Fsp3) is 0.810. The van der Waals surface area contributed by atoms with Crippen molar-refractivity contribution < 1.29 is 14.6 Å². The van der Waals surface area contributed by atoms with E-state index < -0.39 is 0 Å². The van der Waals surface area contributed by atoms with E-state index in [0.717, 1.165) is 82.8 Å². The van der Waals surface area contributed by atoms with E-state index >= 15 is 0 Å². The van der Waals surface area contributed by atoms with Crippen LogP contribution in [0.25, 0.3) is 0 Å². The van der Waals surface area contributed by atoms with E-state index in [0.29, 0.717) is 12.5 Å². The van der Waals surface area contributed by atoms with Gasteiger partial charge in [-0.15, -0.1) is 0 Å². The SMILES string of the molecule is Cc1nn(C)cc1CC(=O)N1CCC2(CC1)CC(O)CN(C1CCOCC1)C2. The molecule has 1 amide bonds. The predicted molar refractivity (Wildman–Crippen MR) is 106 cm³/mol. The van der Waals surface area contributed by atoms with E-state index in [9.17, 15) is 9.90 Å². The van der Waals surface area contributed by atoms with Crippen molar-refractivity contribution in [3.05, 3.63) is 17.5 Å². The molecule has 156 valence electrons. The van der Waals surface area contributed by atoms with Crippen molar-refractivity contribution in [1.29, 1.82) is 0 Å². The summed E-state index contributed by atoms with van der Waals surface area (Å²) in [5, 5.41) is 14.9. The third kappa shape index (κ3) is 4.26. The molecular weight excluding hydrogens is 356 g/mol. The number of rotatable bonds is 3. The molecule has 3 aliphatic rings. The first kappa shape index (κ1) is 19.9. The van der Waals surface area contributed by atoms with Gasteiger partial charge >= 0.3 is 0 Å². The molecule has 3 saturated heterocycles. The van der Waals surface area contributed by atoms with Crippen molar-refractivity contribution in [2.24, 2.45) is 12.5 Å². The van der Waals surface area contributed by atoms with Crippen LogP contribution >= 0.6 is 0 Å². The van der Waals surface area contributed by atoms with E-state index in [-0.39, 0.29) is 17.4 Å². The molecule has 4 heterocycles. The zero-order chi connectivity index (χ0) is 19.7. The largest absolute Gasteiger partial charge is 0.392 e. The average Bonchev–Trinajstić information content (AvgIpc) is 2.99. The van der Waals surface area contributed by atoms with Crippen LogP contribution in [0.1, 0.15) is 43.4 Å². The quantitative estimate of drug-likeness (QED) is 0.838. The van der Waals surface area contributed by atoms with Crippen LogP contribution in [0, 0.1) is 12.3 Å². The number of likely N-dealkylation sites (tertiary alicyclic amines) is 2. The van der Waals surface area contributed by atoms with E-state index in [4.69, 9.17) is 4.74 Å². The molecule has 0 radical (unpaired) electrons. The lowest BCUT2D eigenvalue weighted by Crippen LogP contribution is -2.57. The lowest BCUT2D eigenvalue weighted by molar-refractivity contribution is -0.135. The van der Waals surface area contributed by atoms with Gasteiger partial charge in [-0.3, -0.25) is 14.4 Å². The third-order valence-corrected chi connectivity index (χ3v) is 6.99. The molecule has 1 unspecified atom stereocenters. The number of carbonyl (C=O) groups is 1. The van der Waals surface area contributed by atoms with E-state index in [1.807, 2.05) is 25.1 Å². The summed E-state index contributed by atoms with van der Waals surface area (Å²) in [7, 11) is 1.89. The van der Waals surface area contributed by atoms with Crippen molar-refractivity contribution in [3.63, 3.8) is 0 Å². The molecular formula is C21H34N4O3. The molecule has 0 saturated carbocycles. The second-order valence-electron chi connectivity index (χ2n) is 9.10. The molecule has 28 heavy (non-hydrogen) atoms. The first-order valence-electron chi connectivity index (χ1n) is 10.7. The molecule has 7 nitrogen and oxygen atoms in total. The summed E-state index contributed by atoms with van der Waals surface area (Å²) in [6.45, 7) is 7.06. The Bertz CT molecular complexity index is 690. The Hall–Kier alpha value is -1.44. The topological polar surface area (TPSA) is 70.8 Å². The number of aromatic nitrogens is 2. The Morgan fingerprint density at radius 1 is 1.32 bits per heavy atom. The summed E-state index contributed by atoms with van der Waals surface area (Å²) in [4.78, 5) is 17.3. The number of carbonyl (C=O) groups excluding carboxylic acids is 1. The number of nitrogens with zero attached hydrogens (tertiary/aromatic N) is 4. The van der Waals surface area contributed by atoms with Crippen LogP contribution in [0.3, 0.4) is 0 Å². The maximum absolute atomic E-state index is 12.8. The van der Waals surface area contributed by atoms with Crippen molar-refractivity contribution in [2.45, 2.75) is 57.6 Å². The zero-order valence-corrected chi connectivity index (χ0v) is 17.3. The van der Waals surface area contributed by atoms with E-state index in [1.54, 1.807) is 4.68 Å². The van der Waals surface area contributed by atoms with Gasteiger partial charge in [-0.25, -0.2) is 0 Å². The van der Waals surface area contributed by atoms with Crippen LogP contribution in [-0.2, 0) is 23.0 Å². The monoisotopic (exact) mass is 390 g/mol. The van der Waals surface area contributed by atoms with Crippen LogP contribution in [0.2, 0.25) is 0 Å². The molecule has 1 atom stereocenters. The molecule has 3 fully saturated rings. The number of β-amino-alcohol motifs (C(OH)–C–C–N with tert-alkyl or cyclic N) is 1. The number of amides is 1. The highest BCUT2D eigenvalue weighted by Crippen LogP contribution is 2.41. The smallest absolute Gasteiger partial charge is 0.227 e. The Balaban J connectivity index is 1.35. The highest BCUT2D eigenvalue weighted by molar-refractivity contribution is 5.79. The number of hydrogen-bond donors (Lipinski definition) is 1. The minimum absolute atomic E-state index is 0.150. The molecule has 1 aromatic rings. The number of piperidine rings is 2. The molecule has 4 rings (SSSR count). The van der Waals surface area contributed by atoms with Crippen LogP contribution in [-0.4, -0.2) is 82.1 Å². The van der Waals surface area contributed by atoms with Crippen LogP contribution in [0.5, 0.6) is 0 Å². The fourth-order valence-electron chi connectivity index (χ4n) is 5.41. The minimum Gasteiger partial charge on any atom is -0.392 e. The van der Waals surface area contributed by atoms with E-state index in [1.165, 1.54) is 0 Å². The van der Waals surface area contributed by atoms with Gasteiger partial charge in [0.2, 0.25) is 5.91 Å². The molecule has 0 aromatic carbocycles. The van der Waals surface area contributed by atoms with Crippen molar-refractivity contribution in [2.75, 3.05) is 39.4 Å². The first-order valence-corrected chi connectivity index (χ1v) is 10.7. The lowest BCUT2D eigenvalue weighted by Gasteiger charge is -2.51. The van der Waals surface area contributed by atoms with Crippen LogP contribution < -0.4 is 0 Å².